The Hall–Kier alpha value is -2.26. The van der Waals surface area contributed by atoms with Crippen LogP contribution in [0.15, 0.2) is 52.9 Å². The Morgan fingerprint density at radius 1 is 1.00 bits per heavy atom. The average Bonchev–Trinajstić information content (AvgIpc) is 2.98. The van der Waals surface area contributed by atoms with Gasteiger partial charge in [-0.25, -0.2) is 0 Å². The summed E-state index contributed by atoms with van der Waals surface area (Å²) < 4.78 is 5.88. The van der Waals surface area contributed by atoms with Gasteiger partial charge in [0.1, 0.15) is 16.8 Å². The number of hydrogen-bond donors (Lipinski definition) is 1. The summed E-state index contributed by atoms with van der Waals surface area (Å²) in [5.41, 5.74) is 4.36. The lowest BCUT2D eigenvalue weighted by Crippen LogP contribution is -1.78. The van der Waals surface area contributed by atoms with Gasteiger partial charge in [0, 0.05) is 16.0 Å². The van der Waals surface area contributed by atoms with Crippen molar-refractivity contribution in [3.63, 3.8) is 0 Å². The maximum absolute atomic E-state index is 5.90. The quantitative estimate of drug-likeness (QED) is 0.547. The molecule has 0 aliphatic carbocycles. The van der Waals surface area contributed by atoms with Crippen LogP contribution in [0.25, 0.3) is 33.3 Å². The first-order valence-corrected chi connectivity index (χ1v) is 6.32. The summed E-state index contributed by atoms with van der Waals surface area (Å²) in [6.07, 6.45) is 0. The fourth-order valence-corrected chi connectivity index (χ4v) is 2.42. The highest BCUT2D eigenvalue weighted by atomic mass is 35.5. The number of furan rings is 1. The van der Waals surface area contributed by atoms with Gasteiger partial charge >= 0.3 is 0 Å². The lowest BCUT2D eigenvalue weighted by molar-refractivity contribution is 0.670. The number of nitrogens with one attached hydrogen (secondary N) is 1. The number of benzene rings is 2. The minimum atomic E-state index is 0.708. The highest BCUT2D eigenvalue weighted by Gasteiger charge is 2.15. The van der Waals surface area contributed by atoms with Gasteiger partial charge in [-0.05, 0) is 24.3 Å². The van der Waals surface area contributed by atoms with Gasteiger partial charge in [-0.15, -0.1) is 0 Å². The van der Waals surface area contributed by atoms with Gasteiger partial charge in [0.05, 0.1) is 0 Å². The SMILES string of the molecule is Clc1ccc(-c2n[nH]c3c2oc2ccccc23)cc1. The molecule has 2 aromatic heterocycles. The number of para-hydroxylation sites is 1. The third-order valence-corrected chi connectivity index (χ3v) is 3.46. The van der Waals surface area contributed by atoms with Crippen LogP contribution in [0, 0.1) is 0 Å². The maximum atomic E-state index is 5.90. The predicted molar refractivity (Wildman–Crippen MR) is 76.3 cm³/mol. The molecule has 0 amide bonds. The predicted octanol–water partition coefficient (Wildman–Crippen LogP) is 4.63. The van der Waals surface area contributed by atoms with Gasteiger partial charge in [-0.2, -0.15) is 5.10 Å². The zero-order valence-electron chi connectivity index (χ0n) is 9.85. The number of nitrogens with zero attached hydrogens (tertiary/aromatic N) is 1. The molecule has 4 aromatic rings. The van der Waals surface area contributed by atoms with Crippen molar-refractivity contribution in [2.75, 3.05) is 0 Å². The molecule has 0 spiro atoms. The summed E-state index contributed by atoms with van der Waals surface area (Å²) in [5.74, 6) is 0. The second kappa shape index (κ2) is 3.87. The Morgan fingerprint density at radius 2 is 1.79 bits per heavy atom. The fraction of sp³-hybridized carbons (Fsp3) is 0. The Labute approximate surface area is 113 Å². The minimum Gasteiger partial charge on any atom is -0.452 e. The van der Waals surface area contributed by atoms with E-state index in [0.29, 0.717) is 5.02 Å². The van der Waals surface area contributed by atoms with Gasteiger partial charge in [-0.3, -0.25) is 5.10 Å². The molecule has 92 valence electrons. The largest absolute Gasteiger partial charge is 0.452 e. The molecule has 1 N–H and O–H groups in total. The smallest absolute Gasteiger partial charge is 0.181 e. The summed E-state index contributed by atoms with van der Waals surface area (Å²) in [4.78, 5) is 0. The van der Waals surface area contributed by atoms with Crippen molar-refractivity contribution in [1.29, 1.82) is 0 Å². The summed E-state index contributed by atoms with van der Waals surface area (Å²) in [7, 11) is 0. The lowest BCUT2D eigenvalue weighted by Gasteiger charge is -1.95. The molecule has 2 aromatic carbocycles. The number of aromatic amines is 1. The molecule has 2 heterocycles. The van der Waals surface area contributed by atoms with Crippen LogP contribution in [0.5, 0.6) is 0 Å². The van der Waals surface area contributed by atoms with E-state index < -0.39 is 0 Å². The number of aromatic nitrogens is 2. The molecule has 0 unspecified atom stereocenters. The Kier molecular flexibility index (Phi) is 2.17. The zero-order chi connectivity index (χ0) is 12.8. The van der Waals surface area contributed by atoms with E-state index in [1.807, 2.05) is 48.5 Å². The second-order valence-electron chi connectivity index (χ2n) is 4.38. The standard InChI is InChI=1S/C15H9ClN2O/c16-10-7-5-9(6-8-10)13-15-14(18-17-13)11-3-1-2-4-12(11)19-15/h1-8H,(H,17,18). The molecule has 19 heavy (non-hydrogen) atoms. The molecule has 0 saturated heterocycles. The average molecular weight is 269 g/mol. The highest BCUT2D eigenvalue weighted by Crippen LogP contribution is 2.33. The first-order valence-electron chi connectivity index (χ1n) is 5.94. The van der Waals surface area contributed by atoms with Gasteiger partial charge < -0.3 is 4.42 Å². The van der Waals surface area contributed by atoms with Gasteiger partial charge in [0.25, 0.3) is 0 Å². The van der Waals surface area contributed by atoms with Crippen molar-refractivity contribution >= 4 is 33.7 Å². The van der Waals surface area contributed by atoms with Crippen LogP contribution < -0.4 is 0 Å². The molecule has 4 heteroatoms. The normalized spacial score (nSPS) is 11.4. The van der Waals surface area contributed by atoms with Crippen LogP contribution in [-0.4, -0.2) is 10.2 Å². The van der Waals surface area contributed by atoms with E-state index in [1.54, 1.807) is 0 Å². The van der Waals surface area contributed by atoms with E-state index >= 15 is 0 Å². The molecule has 0 atom stereocenters. The first-order chi connectivity index (χ1) is 9.33. The van der Waals surface area contributed by atoms with Crippen molar-refractivity contribution in [2.45, 2.75) is 0 Å². The molecule has 0 aliphatic heterocycles. The Bertz CT molecular complexity index is 874. The summed E-state index contributed by atoms with van der Waals surface area (Å²) in [6.45, 7) is 0. The van der Waals surface area contributed by atoms with E-state index in [1.165, 1.54) is 0 Å². The number of H-pyrrole nitrogens is 1. The van der Waals surface area contributed by atoms with E-state index in [4.69, 9.17) is 16.0 Å². The summed E-state index contributed by atoms with van der Waals surface area (Å²) in [6, 6.07) is 15.5. The third-order valence-electron chi connectivity index (χ3n) is 3.21. The number of rotatable bonds is 1. The third kappa shape index (κ3) is 1.55. The molecule has 0 saturated carbocycles. The van der Waals surface area contributed by atoms with E-state index in [9.17, 15) is 0 Å². The monoisotopic (exact) mass is 268 g/mol. The van der Waals surface area contributed by atoms with Crippen LogP contribution in [0.3, 0.4) is 0 Å². The topological polar surface area (TPSA) is 41.8 Å². The number of hydrogen-bond acceptors (Lipinski definition) is 2. The van der Waals surface area contributed by atoms with Crippen molar-refractivity contribution in [3.05, 3.63) is 53.6 Å². The molecule has 0 radical (unpaired) electrons. The summed E-state index contributed by atoms with van der Waals surface area (Å²) >= 11 is 5.90. The van der Waals surface area contributed by atoms with Gasteiger partial charge in [-0.1, -0.05) is 35.9 Å². The van der Waals surface area contributed by atoms with E-state index in [-0.39, 0.29) is 0 Å². The Morgan fingerprint density at radius 3 is 2.63 bits per heavy atom. The molecule has 4 rings (SSSR count). The van der Waals surface area contributed by atoms with Crippen molar-refractivity contribution in [3.8, 4) is 11.3 Å². The zero-order valence-corrected chi connectivity index (χ0v) is 10.6. The van der Waals surface area contributed by atoms with Crippen molar-refractivity contribution in [1.82, 2.24) is 10.2 Å². The first kappa shape index (κ1) is 10.6. The highest BCUT2D eigenvalue weighted by molar-refractivity contribution is 6.30. The van der Waals surface area contributed by atoms with Crippen LogP contribution in [0.1, 0.15) is 0 Å². The molecule has 0 aliphatic rings. The van der Waals surface area contributed by atoms with E-state index in [2.05, 4.69) is 10.2 Å². The summed E-state index contributed by atoms with van der Waals surface area (Å²) in [5, 5.41) is 9.15. The number of halogens is 1. The molecular weight excluding hydrogens is 260 g/mol. The maximum Gasteiger partial charge on any atom is 0.181 e. The molecular formula is C15H9ClN2O. The molecule has 0 bridgehead atoms. The van der Waals surface area contributed by atoms with Crippen LogP contribution in [0.4, 0.5) is 0 Å². The molecule has 3 nitrogen and oxygen atoms in total. The van der Waals surface area contributed by atoms with Crippen LogP contribution in [0.2, 0.25) is 5.02 Å². The Balaban J connectivity index is 2.02. The minimum absolute atomic E-state index is 0.708. The second-order valence-corrected chi connectivity index (χ2v) is 4.82. The lowest BCUT2D eigenvalue weighted by atomic mass is 10.1. The van der Waals surface area contributed by atoms with Gasteiger partial charge in [0.15, 0.2) is 5.58 Å². The fourth-order valence-electron chi connectivity index (χ4n) is 2.29. The molecule has 0 fully saturated rings. The number of fused-ring (bicyclic) bond motifs is 3. The van der Waals surface area contributed by atoms with Crippen molar-refractivity contribution < 1.29 is 4.42 Å². The van der Waals surface area contributed by atoms with Gasteiger partial charge in [0.2, 0.25) is 0 Å². The van der Waals surface area contributed by atoms with Crippen molar-refractivity contribution in [2.24, 2.45) is 0 Å². The van der Waals surface area contributed by atoms with E-state index in [0.717, 1.165) is 33.3 Å². The van der Waals surface area contributed by atoms with Crippen LogP contribution >= 0.6 is 11.6 Å². The van der Waals surface area contributed by atoms with Crippen LogP contribution in [-0.2, 0) is 0 Å².